The van der Waals surface area contributed by atoms with Gasteiger partial charge < -0.3 is 4.42 Å². The maximum absolute atomic E-state index is 8.97. The Hall–Kier alpha value is -1.23. The van der Waals surface area contributed by atoms with Crippen molar-refractivity contribution in [1.82, 2.24) is 0 Å². The van der Waals surface area contributed by atoms with E-state index >= 15 is 0 Å². The van der Waals surface area contributed by atoms with Gasteiger partial charge in [0, 0.05) is 17.9 Å². The Balaban J connectivity index is 1.66. The number of aryl methyl sites for hydroxylation is 1. The van der Waals surface area contributed by atoms with Crippen molar-refractivity contribution in [2.24, 2.45) is 23.7 Å². The van der Waals surface area contributed by atoms with Gasteiger partial charge in [0.05, 0.1) is 12.5 Å². The highest BCUT2D eigenvalue weighted by atomic mass is 16.3. The third-order valence-electron chi connectivity index (χ3n) is 6.06. The molecule has 0 amide bonds. The van der Waals surface area contributed by atoms with Gasteiger partial charge in [-0.15, -0.1) is 0 Å². The standard InChI is InChI=1S/C18H23NO/c1-2-16-13(3-4-19)10-17(20-16)18-14-6-11-5-12(8-14)9-15(18)7-11/h10-12,14-15,18H,2-3,5-9H2,1H3. The fourth-order valence-electron chi connectivity index (χ4n) is 5.58. The van der Waals surface area contributed by atoms with Crippen molar-refractivity contribution in [1.29, 1.82) is 5.26 Å². The van der Waals surface area contributed by atoms with Crippen LogP contribution in [0, 0.1) is 35.0 Å². The van der Waals surface area contributed by atoms with E-state index in [4.69, 9.17) is 9.68 Å². The van der Waals surface area contributed by atoms with E-state index in [9.17, 15) is 0 Å². The van der Waals surface area contributed by atoms with Gasteiger partial charge in [0.25, 0.3) is 0 Å². The minimum absolute atomic E-state index is 0.500. The van der Waals surface area contributed by atoms with Crippen molar-refractivity contribution in [3.05, 3.63) is 23.2 Å². The van der Waals surface area contributed by atoms with E-state index in [1.54, 1.807) is 0 Å². The molecule has 0 spiro atoms. The molecule has 4 aliphatic rings. The lowest BCUT2D eigenvalue weighted by Crippen LogP contribution is -2.43. The molecule has 4 aliphatic carbocycles. The van der Waals surface area contributed by atoms with Crippen LogP contribution in [0.5, 0.6) is 0 Å². The summed E-state index contributed by atoms with van der Waals surface area (Å²) in [5.74, 6) is 6.65. The lowest BCUT2D eigenvalue weighted by molar-refractivity contribution is -0.00990. The second-order valence-corrected chi connectivity index (χ2v) is 7.24. The zero-order valence-electron chi connectivity index (χ0n) is 12.3. The van der Waals surface area contributed by atoms with E-state index in [1.807, 2.05) is 0 Å². The molecule has 2 heteroatoms. The predicted molar refractivity (Wildman–Crippen MR) is 77.2 cm³/mol. The van der Waals surface area contributed by atoms with Crippen LogP contribution in [-0.4, -0.2) is 0 Å². The molecule has 20 heavy (non-hydrogen) atoms. The fourth-order valence-corrected chi connectivity index (χ4v) is 5.58. The molecule has 0 unspecified atom stereocenters. The number of nitrogens with zero attached hydrogens (tertiary/aromatic N) is 1. The smallest absolute Gasteiger partial charge is 0.108 e. The van der Waals surface area contributed by atoms with Crippen molar-refractivity contribution in [2.45, 2.75) is 57.8 Å². The SMILES string of the molecule is CCc1oc(C2C3CC4CC(C3)CC2C4)cc1CC#N. The number of nitriles is 1. The van der Waals surface area contributed by atoms with Crippen molar-refractivity contribution in [3.63, 3.8) is 0 Å². The Morgan fingerprint density at radius 1 is 1.15 bits per heavy atom. The van der Waals surface area contributed by atoms with E-state index in [-0.39, 0.29) is 0 Å². The number of rotatable bonds is 3. The maximum atomic E-state index is 8.97. The first-order valence-electron chi connectivity index (χ1n) is 8.26. The molecule has 5 rings (SSSR count). The van der Waals surface area contributed by atoms with Crippen LogP contribution in [0.2, 0.25) is 0 Å². The van der Waals surface area contributed by atoms with Gasteiger partial charge in [0.2, 0.25) is 0 Å². The topological polar surface area (TPSA) is 36.9 Å². The monoisotopic (exact) mass is 269 g/mol. The molecule has 0 atom stereocenters. The minimum atomic E-state index is 0.500. The highest BCUT2D eigenvalue weighted by Gasteiger charge is 2.49. The fraction of sp³-hybridized carbons (Fsp3) is 0.722. The first-order valence-corrected chi connectivity index (χ1v) is 8.26. The summed E-state index contributed by atoms with van der Waals surface area (Å²) in [5.41, 5.74) is 1.14. The molecule has 0 aromatic carbocycles. The Morgan fingerprint density at radius 3 is 2.35 bits per heavy atom. The quantitative estimate of drug-likeness (QED) is 0.813. The second-order valence-electron chi connectivity index (χ2n) is 7.24. The van der Waals surface area contributed by atoms with Crippen molar-refractivity contribution >= 4 is 0 Å². The summed E-state index contributed by atoms with van der Waals surface area (Å²) >= 11 is 0. The normalized spacial score (nSPS) is 38.1. The van der Waals surface area contributed by atoms with Crippen LogP contribution in [-0.2, 0) is 12.8 Å². The Bertz CT molecular complexity index is 522. The summed E-state index contributed by atoms with van der Waals surface area (Å²) in [6.45, 7) is 2.13. The van der Waals surface area contributed by atoms with Gasteiger partial charge in [-0.05, 0) is 61.8 Å². The van der Waals surface area contributed by atoms with Crippen LogP contribution in [0.25, 0.3) is 0 Å². The number of hydrogen-bond donors (Lipinski definition) is 0. The molecule has 0 N–H and O–H groups in total. The molecule has 106 valence electrons. The Labute approximate surface area is 121 Å². The first kappa shape index (κ1) is 12.5. The lowest BCUT2D eigenvalue weighted by atomic mass is 9.51. The van der Waals surface area contributed by atoms with Crippen LogP contribution in [0.15, 0.2) is 10.5 Å². The van der Waals surface area contributed by atoms with Gasteiger partial charge >= 0.3 is 0 Å². The van der Waals surface area contributed by atoms with Crippen LogP contribution in [0.1, 0.15) is 62.0 Å². The van der Waals surface area contributed by atoms with E-state index in [0.29, 0.717) is 12.3 Å². The van der Waals surface area contributed by atoms with Gasteiger partial charge in [-0.1, -0.05) is 6.92 Å². The van der Waals surface area contributed by atoms with Gasteiger partial charge in [-0.3, -0.25) is 0 Å². The zero-order chi connectivity index (χ0) is 13.7. The molecule has 0 aliphatic heterocycles. The highest BCUT2D eigenvalue weighted by Crippen LogP contribution is 2.60. The maximum Gasteiger partial charge on any atom is 0.108 e. The highest BCUT2D eigenvalue weighted by molar-refractivity contribution is 5.28. The van der Waals surface area contributed by atoms with Crippen LogP contribution in [0.3, 0.4) is 0 Å². The zero-order valence-corrected chi connectivity index (χ0v) is 12.3. The van der Waals surface area contributed by atoms with E-state index in [1.165, 1.54) is 37.9 Å². The lowest BCUT2D eigenvalue weighted by Gasteiger charge is -2.53. The van der Waals surface area contributed by atoms with Crippen molar-refractivity contribution < 1.29 is 4.42 Å². The predicted octanol–water partition coefficient (Wildman–Crippen LogP) is 4.45. The summed E-state index contributed by atoms with van der Waals surface area (Å²) in [6.07, 6.45) is 8.60. The summed E-state index contributed by atoms with van der Waals surface area (Å²) in [4.78, 5) is 0. The van der Waals surface area contributed by atoms with Crippen molar-refractivity contribution in [2.75, 3.05) is 0 Å². The van der Waals surface area contributed by atoms with Crippen LogP contribution >= 0.6 is 0 Å². The van der Waals surface area contributed by atoms with E-state index < -0.39 is 0 Å². The minimum Gasteiger partial charge on any atom is -0.465 e. The molecular formula is C18H23NO. The van der Waals surface area contributed by atoms with E-state index in [2.05, 4.69) is 19.1 Å². The summed E-state index contributed by atoms with van der Waals surface area (Å²) in [7, 11) is 0. The molecule has 4 bridgehead atoms. The molecule has 1 aromatic rings. The average molecular weight is 269 g/mol. The second kappa shape index (κ2) is 4.65. The molecule has 4 fully saturated rings. The molecule has 0 saturated heterocycles. The third kappa shape index (κ3) is 1.83. The van der Waals surface area contributed by atoms with Gasteiger partial charge in [-0.2, -0.15) is 5.26 Å². The molecule has 4 saturated carbocycles. The van der Waals surface area contributed by atoms with Crippen LogP contribution < -0.4 is 0 Å². The summed E-state index contributed by atoms with van der Waals surface area (Å²) in [5, 5.41) is 8.97. The number of hydrogen-bond acceptors (Lipinski definition) is 2. The largest absolute Gasteiger partial charge is 0.465 e. The Morgan fingerprint density at radius 2 is 1.80 bits per heavy atom. The molecular weight excluding hydrogens is 246 g/mol. The molecule has 0 radical (unpaired) electrons. The van der Waals surface area contributed by atoms with Crippen LogP contribution in [0.4, 0.5) is 0 Å². The Kier molecular flexibility index (Phi) is 2.91. The van der Waals surface area contributed by atoms with E-state index in [0.717, 1.165) is 41.4 Å². The molecule has 1 heterocycles. The van der Waals surface area contributed by atoms with Gasteiger partial charge in [0.15, 0.2) is 0 Å². The third-order valence-corrected chi connectivity index (χ3v) is 6.06. The summed E-state index contributed by atoms with van der Waals surface area (Å²) < 4.78 is 6.19. The first-order chi connectivity index (χ1) is 9.78. The van der Waals surface area contributed by atoms with Crippen molar-refractivity contribution in [3.8, 4) is 6.07 Å². The molecule has 1 aromatic heterocycles. The van der Waals surface area contributed by atoms with Gasteiger partial charge in [0.1, 0.15) is 11.5 Å². The summed E-state index contributed by atoms with van der Waals surface area (Å²) in [6, 6.07) is 4.50. The number of furan rings is 1. The average Bonchev–Trinajstić information content (AvgIpc) is 2.81. The van der Waals surface area contributed by atoms with Gasteiger partial charge in [-0.25, -0.2) is 0 Å². The molecule has 2 nitrogen and oxygen atoms in total.